The van der Waals surface area contributed by atoms with E-state index in [2.05, 4.69) is 4.98 Å². The van der Waals surface area contributed by atoms with Crippen LogP contribution in [-0.2, 0) is 9.84 Å². The summed E-state index contributed by atoms with van der Waals surface area (Å²) in [6, 6.07) is 2.31. The predicted molar refractivity (Wildman–Crippen MR) is 103 cm³/mol. The SMILES string of the molecule is COc1cc2ncc(-c3cc(F)c(N)c(N)c3F)n2cc1S(=O)(=O)C(C)(C)C. The summed E-state index contributed by atoms with van der Waals surface area (Å²) in [6.45, 7) is 4.66. The van der Waals surface area contributed by atoms with Gasteiger partial charge in [0.05, 0.1) is 35.1 Å². The number of sulfone groups is 1. The van der Waals surface area contributed by atoms with Gasteiger partial charge in [-0.15, -0.1) is 0 Å². The van der Waals surface area contributed by atoms with E-state index in [1.54, 1.807) is 20.8 Å². The van der Waals surface area contributed by atoms with Gasteiger partial charge in [-0.2, -0.15) is 0 Å². The molecule has 0 saturated heterocycles. The summed E-state index contributed by atoms with van der Waals surface area (Å²) >= 11 is 0. The number of halogens is 2. The molecule has 150 valence electrons. The van der Waals surface area contributed by atoms with Gasteiger partial charge in [-0.1, -0.05) is 0 Å². The number of nitrogens with two attached hydrogens (primary N) is 2. The number of fused-ring (bicyclic) bond motifs is 1. The number of imidazole rings is 1. The van der Waals surface area contributed by atoms with Gasteiger partial charge in [-0.3, -0.25) is 4.40 Å². The van der Waals surface area contributed by atoms with Crippen LogP contribution in [0.15, 0.2) is 29.4 Å². The first-order valence-corrected chi connectivity index (χ1v) is 9.71. The van der Waals surface area contributed by atoms with Crippen LogP contribution in [0.2, 0.25) is 0 Å². The molecule has 7 nitrogen and oxygen atoms in total. The molecule has 3 aromatic rings. The zero-order chi connectivity index (χ0) is 21.0. The minimum Gasteiger partial charge on any atom is -0.495 e. The Morgan fingerprint density at radius 2 is 1.79 bits per heavy atom. The van der Waals surface area contributed by atoms with Crippen molar-refractivity contribution in [1.82, 2.24) is 9.38 Å². The van der Waals surface area contributed by atoms with Crippen LogP contribution in [0, 0.1) is 11.6 Å². The first kappa shape index (κ1) is 19.9. The summed E-state index contributed by atoms with van der Waals surface area (Å²) in [5.41, 5.74) is 10.2. The Morgan fingerprint density at radius 1 is 1.14 bits per heavy atom. The van der Waals surface area contributed by atoms with E-state index in [1.165, 1.54) is 30.0 Å². The Morgan fingerprint density at radius 3 is 2.36 bits per heavy atom. The molecule has 0 radical (unpaired) electrons. The van der Waals surface area contributed by atoms with E-state index >= 15 is 0 Å². The third-order valence-corrected chi connectivity index (χ3v) is 6.96. The van der Waals surface area contributed by atoms with Gasteiger partial charge in [-0.05, 0) is 26.8 Å². The van der Waals surface area contributed by atoms with Gasteiger partial charge >= 0.3 is 0 Å². The van der Waals surface area contributed by atoms with Crippen LogP contribution in [0.4, 0.5) is 20.2 Å². The first-order chi connectivity index (χ1) is 12.9. The largest absolute Gasteiger partial charge is 0.495 e. The Bertz CT molecular complexity index is 1200. The third kappa shape index (κ3) is 2.84. The highest BCUT2D eigenvalue weighted by atomic mass is 32.2. The zero-order valence-corrected chi connectivity index (χ0v) is 16.6. The summed E-state index contributed by atoms with van der Waals surface area (Å²) in [5.74, 6) is -1.71. The Labute approximate surface area is 160 Å². The molecule has 0 atom stereocenters. The summed E-state index contributed by atoms with van der Waals surface area (Å²) in [7, 11) is -2.47. The molecular weight excluding hydrogens is 390 g/mol. The molecule has 0 aliphatic rings. The summed E-state index contributed by atoms with van der Waals surface area (Å²) in [4.78, 5) is 4.04. The number of aromatic nitrogens is 2. The minimum absolute atomic E-state index is 0.0986. The third-order valence-electron chi connectivity index (χ3n) is 4.46. The van der Waals surface area contributed by atoms with Crippen molar-refractivity contribution in [2.75, 3.05) is 18.6 Å². The van der Waals surface area contributed by atoms with Crippen LogP contribution < -0.4 is 16.2 Å². The van der Waals surface area contributed by atoms with E-state index in [0.29, 0.717) is 0 Å². The van der Waals surface area contributed by atoms with Gasteiger partial charge in [0.2, 0.25) is 0 Å². The number of nitrogen functional groups attached to an aromatic ring is 2. The molecule has 2 heterocycles. The average Bonchev–Trinajstić information content (AvgIpc) is 3.03. The molecular formula is C18H20F2N4O3S. The number of rotatable bonds is 3. The predicted octanol–water partition coefficient (Wildman–Crippen LogP) is 3.02. The first-order valence-electron chi connectivity index (χ1n) is 8.23. The van der Waals surface area contributed by atoms with E-state index in [1.807, 2.05) is 0 Å². The van der Waals surface area contributed by atoms with Crippen LogP contribution in [0.25, 0.3) is 16.9 Å². The highest BCUT2D eigenvalue weighted by Gasteiger charge is 2.34. The highest BCUT2D eigenvalue weighted by Crippen LogP contribution is 2.36. The van der Waals surface area contributed by atoms with Crippen LogP contribution in [0.5, 0.6) is 5.75 Å². The van der Waals surface area contributed by atoms with Crippen LogP contribution >= 0.6 is 0 Å². The second kappa shape index (κ2) is 6.33. The number of anilines is 2. The number of hydrogen-bond donors (Lipinski definition) is 2. The quantitative estimate of drug-likeness (QED) is 0.642. The fourth-order valence-corrected chi connectivity index (χ4v) is 4.03. The molecule has 0 unspecified atom stereocenters. The maximum Gasteiger partial charge on any atom is 0.188 e. The van der Waals surface area contributed by atoms with Crippen molar-refractivity contribution < 1.29 is 21.9 Å². The molecule has 2 aromatic heterocycles. The van der Waals surface area contributed by atoms with Gasteiger partial charge in [-0.25, -0.2) is 22.2 Å². The van der Waals surface area contributed by atoms with Crippen molar-refractivity contribution in [1.29, 1.82) is 0 Å². The van der Waals surface area contributed by atoms with Gasteiger partial charge in [0.25, 0.3) is 0 Å². The molecule has 0 fully saturated rings. The second-order valence-corrected chi connectivity index (χ2v) is 9.91. The van der Waals surface area contributed by atoms with E-state index in [-0.39, 0.29) is 27.5 Å². The van der Waals surface area contributed by atoms with Crippen molar-refractivity contribution in [3.8, 4) is 17.0 Å². The molecule has 0 saturated carbocycles. The smallest absolute Gasteiger partial charge is 0.188 e. The molecule has 4 N–H and O–H groups in total. The molecule has 0 bridgehead atoms. The topological polar surface area (TPSA) is 113 Å². The Balaban J connectivity index is 2.37. The van der Waals surface area contributed by atoms with Gasteiger partial charge in [0.15, 0.2) is 15.7 Å². The number of nitrogens with zero attached hydrogens (tertiary/aromatic N) is 2. The van der Waals surface area contributed by atoms with Crippen molar-refractivity contribution in [2.24, 2.45) is 0 Å². The highest BCUT2D eigenvalue weighted by molar-refractivity contribution is 7.92. The van der Waals surface area contributed by atoms with Gasteiger partial charge in [0, 0.05) is 17.8 Å². The molecule has 1 aromatic carbocycles. The lowest BCUT2D eigenvalue weighted by molar-refractivity contribution is 0.401. The lowest BCUT2D eigenvalue weighted by Gasteiger charge is -2.21. The number of hydrogen-bond acceptors (Lipinski definition) is 6. The van der Waals surface area contributed by atoms with E-state index in [0.717, 1.165) is 6.07 Å². The number of benzene rings is 1. The maximum absolute atomic E-state index is 14.6. The molecule has 0 spiro atoms. The van der Waals surface area contributed by atoms with E-state index < -0.39 is 37.6 Å². The number of ether oxygens (including phenoxy) is 1. The Kier molecular flexibility index (Phi) is 4.49. The molecule has 0 amide bonds. The number of pyridine rings is 1. The molecule has 28 heavy (non-hydrogen) atoms. The lowest BCUT2D eigenvalue weighted by atomic mass is 10.1. The summed E-state index contributed by atoms with van der Waals surface area (Å²) in [5, 5.41) is 0. The zero-order valence-electron chi connectivity index (χ0n) is 15.7. The monoisotopic (exact) mass is 410 g/mol. The maximum atomic E-state index is 14.6. The molecule has 10 heteroatoms. The van der Waals surface area contributed by atoms with Crippen molar-refractivity contribution in [3.63, 3.8) is 0 Å². The lowest BCUT2D eigenvalue weighted by Crippen LogP contribution is -2.28. The summed E-state index contributed by atoms with van der Waals surface area (Å²) in [6.07, 6.45) is 2.57. The molecule has 0 aliphatic heterocycles. The fraction of sp³-hybridized carbons (Fsp3) is 0.278. The van der Waals surface area contributed by atoms with Crippen molar-refractivity contribution in [3.05, 3.63) is 36.2 Å². The second-order valence-electron chi connectivity index (χ2n) is 7.24. The van der Waals surface area contributed by atoms with E-state index in [9.17, 15) is 17.2 Å². The fourth-order valence-electron chi connectivity index (χ4n) is 2.72. The van der Waals surface area contributed by atoms with Crippen molar-refractivity contribution >= 4 is 26.9 Å². The minimum atomic E-state index is -3.81. The number of methoxy groups -OCH3 is 1. The normalized spacial score (nSPS) is 12.5. The molecule has 3 rings (SSSR count). The van der Waals surface area contributed by atoms with Gasteiger partial charge < -0.3 is 16.2 Å². The molecule has 0 aliphatic carbocycles. The van der Waals surface area contributed by atoms with Gasteiger partial charge in [0.1, 0.15) is 22.1 Å². The average molecular weight is 410 g/mol. The van der Waals surface area contributed by atoms with Crippen molar-refractivity contribution in [2.45, 2.75) is 30.4 Å². The van der Waals surface area contributed by atoms with E-state index in [4.69, 9.17) is 16.2 Å². The standard InChI is InChI=1S/C18H20F2N4O3S/c1-18(2,3)28(25,26)13-8-24-11(7-23-14(24)6-12(13)27-4)9-5-10(19)16(21)17(22)15(9)20/h5-8H,21-22H2,1-4H3. The summed E-state index contributed by atoms with van der Waals surface area (Å²) < 4.78 is 60.1. The Hall–Kier alpha value is -2.88. The van der Waals surface area contributed by atoms with Crippen LogP contribution in [0.3, 0.4) is 0 Å². The van der Waals surface area contributed by atoms with Crippen LogP contribution in [0.1, 0.15) is 20.8 Å². The van der Waals surface area contributed by atoms with Crippen LogP contribution in [-0.4, -0.2) is 29.7 Å².